The standard InChI is InChI=1S/C24H23N3/c1-5-27-21-9-7-6-8-19(21)23(18(15-25)16-26)20-11-10-17(14-22(20)27)12-13-24(2,3)4/h6-14H,5H2,1-4H3/b13-12+. The zero-order valence-corrected chi connectivity index (χ0v) is 16.2. The first-order chi connectivity index (χ1) is 12.9. The largest absolute Gasteiger partial charge is 0.341 e. The molecule has 1 aliphatic heterocycles. The molecule has 0 radical (unpaired) electrons. The van der Waals surface area contributed by atoms with Gasteiger partial charge in [-0.1, -0.05) is 63.3 Å². The molecule has 134 valence electrons. The van der Waals surface area contributed by atoms with Crippen molar-refractivity contribution in [1.82, 2.24) is 0 Å². The summed E-state index contributed by atoms with van der Waals surface area (Å²) < 4.78 is 0. The normalized spacial score (nSPS) is 13.0. The number of para-hydroxylation sites is 1. The molecule has 0 fully saturated rings. The van der Waals surface area contributed by atoms with Crippen LogP contribution in [0.3, 0.4) is 0 Å². The van der Waals surface area contributed by atoms with Crippen molar-refractivity contribution in [3.05, 3.63) is 70.8 Å². The van der Waals surface area contributed by atoms with Gasteiger partial charge in [-0.25, -0.2) is 0 Å². The van der Waals surface area contributed by atoms with Gasteiger partial charge in [0.15, 0.2) is 0 Å². The van der Waals surface area contributed by atoms with Crippen LogP contribution in [-0.4, -0.2) is 6.54 Å². The van der Waals surface area contributed by atoms with Gasteiger partial charge < -0.3 is 4.90 Å². The molecule has 0 atom stereocenters. The van der Waals surface area contributed by atoms with Crippen LogP contribution in [0.1, 0.15) is 44.4 Å². The summed E-state index contributed by atoms with van der Waals surface area (Å²) in [6.45, 7) is 9.43. The maximum Gasteiger partial charge on any atom is 0.138 e. The van der Waals surface area contributed by atoms with Crippen molar-refractivity contribution >= 4 is 23.0 Å². The Labute approximate surface area is 161 Å². The van der Waals surface area contributed by atoms with Crippen molar-refractivity contribution < 1.29 is 0 Å². The topological polar surface area (TPSA) is 50.8 Å². The predicted octanol–water partition coefficient (Wildman–Crippen LogP) is 6.07. The number of rotatable bonds is 2. The third-order valence-electron chi connectivity index (χ3n) is 4.61. The number of fused-ring (bicyclic) bond motifs is 2. The van der Waals surface area contributed by atoms with Crippen LogP contribution in [0, 0.1) is 28.1 Å². The van der Waals surface area contributed by atoms with E-state index in [0.29, 0.717) is 0 Å². The van der Waals surface area contributed by atoms with Crippen molar-refractivity contribution in [3.8, 4) is 12.1 Å². The monoisotopic (exact) mass is 353 g/mol. The number of allylic oxidation sites excluding steroid dienone is 2. The maximum absolute atomic E-state index is 9.53. The minimum absolute atomic E-state index is 0.104. The summed E-state index contributed by atoms with van der Waals surface area (Å²) in [4.78, 5) is 2.25. The summed E-state index contributed by atoms with van der Waals surface area (Å²) in [6, 6.07) is 18.4. The van der Waals surface area contributed by atoms with Gasteiger partial charge in [0.2, 0.25) is 0 Å². The lowest BCUT2D eigenvalue weighted by molar-refractivity contribution is 0.547. The van der Waals surface area contributed by atoms with E-state index in [2.05, 4.69) is 69.0 Å². The molecule has 0 amide bonds. The molecule has 2 aromatic rings. The maximum atomic E-state index is 9.53. The van der Waals surface area contributed by atoms with E-state index in [0.717, 1.165) is 40.2 Å². The first-order valence-corrected chi connectivity index (χ1v) is 9.14. The van der Waals surface area contributed by atoms with Crippen LogP contribution in [-0.2, 0) is 0 Å². The molecule has 0 aliphatic carbocycles. The number of benzene rings is 2. The highest BCUT2D eigenvalue weighted by Crippen LogP contribution is 2.46. The summed E-state index contributed by atoms with van der Waals surface area (Å²) in [7, 11) is 0. The molecule has 3 nitrogen and oxygen atoms in total. The van der Waals surface area contributed by atoms with Crippen LogP contribution in [0.2, 0.25) is 0 Å². The Hall–Kier alpha value is -3.30. The zero-order chi connectivity index (χ0) is 19.6. The molecule has 0 saturated carbocycles. The van der Waals surface area contributed by atoms with Crippen LogP contribution >= 0.6 is 0 Å². The SMILES string of the molecule is CCN1c2ccccc2C(=C(C#N)C#N)c2ccc(/C=C/C(C)(C)C)cc21. The highest BCUT2D eigenvalue weighted by atomic mass is 15.1. The molecule has 1 heterocycles. The van der Waals surface area contributed by atoms with Gasteiger partial charge in [-0.15, -0.1) is 0 Å². The smallest absolute Gasteiger partial charge is 0.138 e. The molecule has 0 aromatic heterocycles. The second-order valence-electron chi connectivity index (χ2n) is 7.71. The van der Waals surface area contributed by atoms with E-state index in [9.17, 15) is 10.5 Å². The molecule has 0 bridgehead atoms. The Morgan fingerprint density at radius 2 is 1.67 bits per heavy atom. The molecule has 2 aromatic carbocycles. The van der Waals surface area contributed by atoms with E-state index in [4.69, 9.17) is 0 Å². The Kier molecular flexibility index (Phi) is 4.89. The average molecular weight is 353 g/mol. The lowest BCUT2D eigenvalue weighted by Gasteiger charge is -2.34. The lowest BCUT2D eigenvalue weighted by atomic mass is 9.86. The van der Waals surface area contributed by atoms with Gasteiger partial charge in [-0.2, -0.15) is 10.5 Å². The molecule has 0 spiro atoms. The average Bonchev–Trinajstić information content (AvgIpc) is 2.66. The van der Waals surface area contributed by atoms with E-state index in [1.807, 2.05) is 30.3 Å². The quantitative estimate of drug-likeness (QED) is 0.616. The molecule has 27 heavy (non-hydrogen) atoms. The molecule has 1 aliphatic rings. The van der Waals surface area contributed by atoms with E-state index in [1.165, 1.54) is 0 Å². The third-order valence-corrected chi connectivity index (χ3v) is 4.61. The summed E-state index contributed by atoms with van der Waals surface area (Å²) in [5.41, 5.74) is 6.01. The van der Waals surface area contributed by atoms with Gasteiger partial charge in [0.1, 0.15) is 17.7 Å². The van der Waals surface area contributed by atoms with Crippen LogP contribution in [0.5, 0.6) is 0 Å². The fourth-order valence-corrected chi connectivity index (χ4v) is 3.38. The Balaban J connectivity index is 2.28. The summed E-state index contributed by atoms with van der Waals surface area (Å²) in [5, 5.41) is 19.1. The van der Waals surface area contributed by atoms with Crippen LogP contribution in [0.15, 0.2) is 54.1 Å². The number of nitrogens with zero attached hydrogens (tertiary/aromatic N) is 3. The van der Waals surface area contributed by atoms with Gasteiger partial charge in [-0.3, -0.25) is 0 Å². The summed E-state index contributed by atoms with van der Waals surface area (Å²) in [5.74, 6) is 0. The molecule has 0 saturated heterocycles. The van der Waals surface area contributed by atoms with E-state index in [1.54, 1.807) is 0 Å². The first kappa shape index (κ1) is 18.5. The van der Waals surface area contributed by atoms with E-state index >= 15 is 0 Å². The predicted molar refractivity (Wildman–Crippen MR) is 111 cm³/mol. The van der Waals surface area contributed by atoms with Crippen LogP contribution < -0.4 is 4.90 Å². The first-order valence-electron chi connectivity index (χ1n) is 9.14. The van der Waals surface area contributed by atoms with Gasteiger partial charge in [0, 0.05) is 34.6 Å². The molecular formula is C24H23N3. The number of nitriles is 2. The van der Waals surface area contributed by atoms with Crippen molar-refractivity contribution in [2.24, 2.45) is 5.41 Å². The fraction of sp³-hybridized carbons (Fsp3) is 0.250. The Morgan fingerprint density at radius 3 is 2.30 bits per heavy atom. The van der Waals surface area contributed by atoms with Crippen molar-refractivity contribution in [2.75, 3.05) is 11.4 Å². The summed E-state index contributed by atoms with van der Waals surface area (Å²) >= 11 is 0. The Morgan fingerprint density at radius 1 is 1.00 bits per heavy atom. The highest BCUT2D eigenvalue weighted by molar-refractivity contribution is 6.01. The van der Waals surface area contributed by atoms with E-state index < -0.39 is 0 Å². The molecule has 0 unspecified atom stereocenters. The Bertz CT molecular complexity index is 1000. The van der Waals surface area contributed by atoms with Gasteiger partial charge in [0.05, 0.1) is 0 Å². The number of hydrogen-bond donors (Lipinski definition) is 0. The second kappa shape index (κ2) is 7.14. The highest BCUT2D eigenvalue weighted by Gasteiger charge is 2.27. The third kappa shape index (κ3) is 3.50. The minimum Gasteiger partial charge on any atom is -0.341 e. The van der Waals surface area contributed by atoms with Crippen molar-refractivity contribution in [2.45, 2.75) is 27.7 Å². The molecule has 3 heteroatoms. The zero-order valence-electron chi connectivity index (χ0n) is 16.2. The second-order valence-corrected chi connectivity index (χ2v) is 7.71. The molecular weight excluding hydrogens is 330 g/mol. The van der Waals surface area contributed by atoms with Crippen molar-refractivity contribution in [3.63, 3.8) is 0 Å². The molecule has 3 rings (SSSR count). The van der Waals surface area contributed by atoms with Crippen LogP contribution in [0.4, 0.5) is 11.4 Å². The minimum atomic E-state index is 0.104. The fourth-order valence-electron chi connectivity index (χ4n) is 3.38. The van der Waals surface area contributed by atoms with Gasteiger partial charge >= 0.3 is 0 Å². The van der Waals surface area contributed by atoms with Crippen molar-refractivity contribution in [1.29, 1.82) is 10.5 Å². The lowest BCUT2D eigenvalue weighted by Crippen LogP contribution is -2.23. The molecule has 0 N–H and O–H groups in total. The van der Waals surface area contributed by atoms with Gasteiger partial charge in [0.25, 0.3) is 0 Å². The van der Waals surface area contributed by atoms with Crippen LogP contribution in [0.25, 0.3) is 11.6 Å². The van der Waals surface area contributed by atoms with E-state index in [-0.39, 0.29) is 11.0 Å². The van der Waals surface area contributed by atoms with Gasteiger partial charge in [-0.05, 0) is 30.0 Å². The number of anilines is 2. The number of hydrogen-bond acceptors (Lipinski definition) is 3. The summed E-state index contributed by atoms with van der Waals surface area (Å²) in [6.07, 6.45) is 4.32.